The second-order valence-electron chi connectivity index (χ2n) is 3.09. The number of rotatable bonds is 2. The molecule has 1 amide bonds. The minimum absolute atomic E-state index is 0.230. The van der Waals surface area contributed by atoms with Gasteiger partial charge in [0.2, 0.25) is 0 Å². The Bertz CT molecular complexity index is 474. The van der Waals surface area contributed by atoms with Crippen LogP contribution in [0, 0.1) is 13.8 Å². The number of anilines is 1. The van der Waals surface area contributed by atoms with Gasteiger partial charge in [-0.2, -0.15) is 0 Å². The van der Waals surface area contributed by atoms with Gasteiger partial charge in [0.15, 0.2) is 5.13 Å². The maximum absolute atomic E-state index is 11.7. The van der Waals surface area contributed by atoms with Crippen molar-refractivity contribution >= 4 is 22.4 Å². The number of nitrogens with zero attached hydrogens (tertiary/aromatic N) is 2. The van der Waals surface area contributed by atoms with E-state index in [9.17, 15) is 4.79 Å². The van der Waals surface area contributed by atoms with Gasteiger partial charge in [0, 0.05) is 17.3 Å². The SMILES string of the molecule is Cc1nc(C(=O)Nc2nccs2)c(C)[nH]1. The summed E-state index contributed by atoms with van der Waals surface area (Å²) in [6.07, 6.45) is 1.64. The van der Waals surface area contributed by atoms with Gasteiger partial charge in [0.25, 0.3) is 5.91 Å². The van der Waals surface area contributed by atoms with E-state index in [0.717, 1.165) is 11.5 Å². The molecule has 0 bridgehead atoms. The molecule has 0 saturated heterocycles. The molecular formula is C9H10N4OS. The summed E-state index contributed by atoms with van der Waals surface area (Å²) in [7, 11) is 0. The number of carbonyl (C=O) groups excluding carboxylic acids is 1. The Balaban J connectivity index is 2.18. The molecule has 2 rings (SSSR count). The first-order chi connectivity index (χ1) is 7.16. The maximum Gasteiger partial charge on any atom is 0.277 e. The highest BCUT2D eigenvalue weighted by molar-refractivity contribution is 7.13. The molecule has 2 aromatic rings. The number of aromatic amines is 1. The van der Waals surface area contributed by atoms with Crippen LogP contribution in [0.4, 0.5) is 5.13 Å². The molecule has 0 aliphatic heterocycles. The molecule has 0 atom stereocenters. The average molecular weight is 222 g/mol. The fourth-order valence-electron chi connectivity index (χ4n) is 1.27. The molecular weight excluding hydrogens is 212 g/mol. The van der Waals surface area contributed by atoms with E-state index in [1.165, 1.54) is 11.3 Å². The molecule has 2 heterocycles. The lowest BCUT2D eigenvalue weighted by molar-refractivity contribution is 0.102. The molecule has 0 fully saturated rings. The maximum atomic E-state index is 11.7. The smallest absolute Gasteiger partial charge is 0.277 e. The molecule has 2 aromatic heterocycles. The lowest BCUT2D eigenvalue weighted by Crippen LogP contribution is -2.13. The fraction of sp³-hybridized carbons (Fsp3) is 0.222. The van der Waals surface area contributed by atoms with Crippen molar-refractivity contribution in [1.82, 2.24) is 15.0 Å². The van der Waals surface area contributed by atoms with Crippen LogP contribution in [-0.2, 0) is 0 Å². The van der Waals surface area contributed by atoms with Crippen LogP contribution >= 0.6 is 11.3 Å². The number of hydrogen-bond donors (Lipinski definition) is 2. The van der Waals surface area contributed by atoms with Crippen LogP contribution in [0.5, 0.6) is 0 Å². The summed E-state index contributed by atoms with van der Waals surface area (Å²) >= 11 is 1.38. The summed E-state index contributed by atoms with van der Waals surface area (Å²) in [6, 6.07) is 0. The Labute approximate surface area is 90.6 Å². The molecule has 78 valence electrons. The molecule has 6 heteroatoms. The monoisotopic (exact) mass is 222 g/mol. The van der Waals surface area contributed by atoms with Gasteiger partial charge in [-0.05, 0) is 13.8 Å². The molecule has 0 aromatic carbocycles. The standard InChI is InChI=1S/C9H10N4OS/c1-5-7(12-6(2)11-5)8(14)13-9-10-3-4-15-9/h3-4H,1-2H3,(H,11,12)(H,10,13,14). The summed E-state index contributed by atoms with van der Waals surface area (Å²) in [5.74, 6) is 0.503. The summed E-state index contributed by atoms with van der Waals surface area (Å²) in [6.45, 7) is 3.63. The number of hydrogen-bond acceptors (Lipinski definition) is 4. The number of nitrogens with one attached hydrogen (secondary N) is 2. The van der Waals surface area contributed by atoms with E-state index >= 15 is 0 Å². The van der Waals surface area contributed by atoms with E-state index in [-0.39, 0.29) is 5.91 Å². The zero-order valence-electron chi connectivity index (χ0n) is 8.37. The van der Waals surface area contributed by atoms with Crippen molar-refractivity contribution in [2.45, 2.75) is 13.8 Å². The molecule has 15 heavy (non-hydrogen) atoms. The molecule has 0 saturated carbocycles. The van der Waals surface area contributed by atoms with Crippen molar-refractivity contribution in [2.24, 2.45) is 0 Å². The Hall–Kier alpha value is -1.69. The fourth-order valence-corrected chi connectivity index (χ4v) is 1.80. The van der Waals surface area contributed by atoms with Gasteiger partial charge in [-0.15, -0.1) is 11.3 Å². The number of carbonyl (C=O) groups is 1. The number of amides is 1. The minimum Gasteiger partial charge on any atom is -0.346 e. The number of aromatic nitrogens is 3. The zero-order chi connectivity index (χ0) is 10.8. The Morgan fingerprint density at radius 3 is 2.87 bits per heavy atom. The Kier molecular flexibility index (Phi) is 2.51. The van der Waals surface area contributed by atoms with Crippen LogP contribution in [0.1, 0.15) is 22.0 Å². The van der Waals surface area contributed by atoms with Crippen molar-refractivity contribution in [2.75, 3.05) is 5.32 Å². The highest BCUT2D eigenvalue weighted by Gasteiger charge is 2.14. The van der Waals surface area contributed by atoms with Gasteiger partial charge >= 0.3 is 0 Å². The molecule has 5 nitrogen and oxygen atoms in total. The van der Waals surface area contributed by atoms with E-state index in [4.69, 9.17) is 0 Å². The van der Waals surface area contributed by atoms with E-state index in [2.05, 4.69) is 20.3 Å². The predicted molar refractivity (Wildman–Crippen MR) is 58.1 cm³/mol. The zero-order valence-corrected chi connectivity index (χ0v) is 9.18. The van der Waals surface area contributed by atoms with Gasteiger partial charge in [-0.1, -0.05) is 0 Å². The third-order valence-electron chi connectivity index (χ3n) is 1.87. The third-order valence-corrected chi connectivity index (χ3v) is 2.56. The molecule has 0 aliphatic rings. The van der Waals surface area contributed by atoms with Gasteiger partial charge in [-0.25, -0.2) is 9.97 Å². The van der Waals surface area contributed by atoms with Crippen LogP contribution in [0.25, 0.3) is 0 Å². The van der Waals surface area contributed by atoms with Crippen molar-refractivity contribution < 1.29 is 4.79 Å². The van der Waals surface area contributed by atoms with Crippen LogP contribution in [0.3, 0.4) is 0 Å². The Morgan fingerprint density at radius 1 is 1.53 bits per heavy atom. The predicted octanol–water partition coefficient (Wildman–Crippen LogP) is 1.74. The number of imidazole rings is 1. The first-order valence-corrected chi connectivity index (χ1v) is 5.29. The highest BCUT2D eigenvalue weighted by atomic mass is 32.1. The average Bonchev–Trinajstić information content (AvgIpc) is 2.75. The lowest BCUT2D eigenvalue weighted by atomic mass is 10.3. The van der Waals surface area contributed by atoms with Crippen LogP contribution in [0.15, 0.2) is 11.6 Å². The summed E-state index contributed by atoms with van der Waals surface area (Å²) in [5.41, 5.74) is 1.18. The van der Waals surface area contributed by atoms with Gasteiger partial charge in [0.1, 0.15) is 11.5 Å². The van der Waals surface area contributed by atoms with Crippen LogP contribution in [-0.4, -0.2) is 20.9 Å². The van der Waals surface area contributed by atoms with E-state index in [1.54, 1.807) is 11.6 Å². The third kappa shape index (κ3) is 2.04. The second-order valence-corrected chi connectivity index (χ2v) is 3.98. The highest BCUT2D eigenvalue weighted by Crippen LogP contribution is 2.13. The van der Waals surface area contributed by atoms with Crippen molar-refractivity contribution in [3.8, 4) is 0 Å². The van der Waals surface area contributed by atoms with E-state index in [0.29, 0.717) is 10.8 Å². The quantitative estimate of drug-likeness (QED) is 0.813. The van der Waals surface area contributed by atoms with Crippen molar-refractivity contribution in [1.29, 1.82) is 0 Å². The normalized spacial score (nSPS) is 10.3. The molecule has 0 radical (unpaired) electrons. The van der Waals surface area contributed by atoms with Crippen LogP contribution < -0.4 is 5.32 Å². The molecule has 2 N–H and O–H groups in total. The van der Waals surface area contributed by atoms with Crippen molar-refractivity contribution in [3.05, 3.63) is 28.8 Å². The largest absolute Gasteiger partial charge is 0.346 e. The summed E-state index contributed by atoms with van der Waals surface area (Å²) in [5, 5.41) is 5.07. The van der Waals surface area contributed by atoms with E-state index < -0.39 is 0 Å². The van der Waals surface area contributed by atoms with E-state index in [1.807, 2.05) is 13.8 Å². The summed E-state index contributed by atoms with van der Waals surface area (Å²) in [4.78, 5) is 22.8. The number of aryl methyl sites for hydroxylation is 2. The van der Waals surface area contributed by atoms with Gasteiger partial charge in [-0.3, -0.25) is 10.1 Å². The minimum atomic E-state index is -0.230. The van der Waals surface area contributed by atoms with Gasteiger partial charge < -0.3 is 4.98 Å². The number of H-pyrrole nitrogens is 1. The molecule has 0 unspecified atom stereocenters. The molecule has 0 aliphatic carbocycles. The second kappa shape index (κ2) is 3.82. The molecule has 0 spiro atoms. The summed E-state index contributed by atoms with van der Waals surface area (Å²) < 4.78 is 0. The first-order valence-electron chi connectivity index (χ1n) is 4.41. The van der Waals surface area contributed by atoms with Crippen molar-refractivity contribution in [3.63, 3.8) is 0 Å². The Morgan fingerprint density at radius 2 is 2.33 bits per heavy atom. The topological polar surface area (TPSA) is 70.7 Å². The van der Waals surface area contributed by atoms with Gasteiger partial charge in [0.05, 0.1) is 0 Å². The van der Waals surface area contributed by atoms with Crippen LogP contribution in [0.2, 0.25) is 0 Å². The number of thiazole rings is 1. The lowest BCUT2D eigenvalue weighted by Gasteiger charge is -1.98. The first kappa shape index (κ1) is 9.85.